The minimum absolute atomic E-state index is 0.0455. The number of para-hydroxylation sites is 2. The van der Waals surface area contributed by atoms with Gasteiger partial charge in [0.05, 0.1) is 41.6 Å². The van der Waals surface area contributed by atoms with Crippen molar-refractivity contribution in [2.45, 2.75) is 36.4 Å². The predicted molar refractivity (Wildman–Crippen MR) is 166 cm³/mol. The Morgan fingerprint density at radius 2 is 1.57 bits per heavy atom. The molecule has 4 aromatic carbocycles. The highest BCUT2D eigenvalue weighted by Crippen LogP contribution is 2.40. The van der Waals surface area contributed by atoms with Crippen molar-refractivity contribution in [3.63, 3.8) is 0 Å². The largest absolute Gasteiger partial charge is 0.478 e. The number of ether oxygens (including phenoxy) is 2. The van der Waals surface area contributed by atoms with E-state index in [1.54, 1.807) is 30.3 Å². The van der Waals surface area contributed by atoms with Crippen LogP contribution in [0.1, 0.15) is 56.4 Å². The maximum absolute atomic E-state index is 12.9. The van der Waals surface area contributed by atoms with Gasteiger partial charge in [0.1, 0.15) is 5.69 Å². The van der Waals surface area contributed by atoms with E-state index in [4.69, 9.17) is 9.47 Å². The van der Waals surface area contributed by atoms with Gasteiger partial charge in [-0.1, -0.05) is 60.7 Å². The fraction of sp³-hybridized carbons (Fsp3) is 0.176. The van der Waals surface area contributed by atoms with Crippen molar-refractivity contribution in [3.05, 3.63) is 131 Å². The summed E-state index contributed by atoms with van der Waals surface area (Å²) in [6, 6.07) is 29.1. The summed E-state index contributed by atoms with van der Waals surface area (Å²) in [5.74, 6) is -0.817. The zero-order chi connectivity index (χ0) is 30.5. The SMILES string of the molecule is O=C(Nc1ccc([C@@H]2O[C@H](CSc3ccccc3C(=O)O)C[C@H](c3ccc(CO)cc3)O2)cc1)c1cnc2ccccc2n1. The van der Waals surface area contributed by atoms with E-state index < -0.39 is 12.3 Å². The molecule has 222 valence electrons. The standard InChI is InChI=1S/C34H29N3O6S/c38-19-21-9-11-22(12-10-21)30-17-25(20-44-31-8-4-1-5-26(31)33(40)41)42-34(43-30)23-13-15-24(16-14-23)36-32(39)29-18-35-27-6-2-3-7-28(27)37-29/h1-16,18,25,30,34,38H,17,19-20H2,(H,36,39)(H,40,41)/t25-,30+,34+/m0/s1. The highest BCUT2D eigenvalue weighted by molar-refractivity contribution is 7.99. The Morgan fingerprint density at radius 1 is 0.864 bits per heavy atom. The van der Waals surface area contributed by atoms with Crippen LogP contribution in [0.2, 0.25) is 0 Å². The number of aromatic carboxylic acids is 1. The topological polar surface area (TPSA) is 131 Å². The molecule has 6 rings (SSSR count). The zero-order valence-corrected chi connectivity index (χ0v) is 24.3. The van der Waals surface area contributed by atoms with Crippen LogP contribution in [0.15, 0.2) is 108 Å². The molecule has 0 bridgehead atoms. The Kier molecular flexibility index (Phi) is 8.94. The van der Waals surface area contributed by atoms with E-state index in [9.17, 15) is 19.8 Å². The van der Waals surface area contributed by atoms with Crippen molar-refractivity contribution < 1.29 is 29.3 Å². The van der Waals surface area contributed by atoms with Crippen LogP contribution in [-0.2, 0) is 16.1 Å². The number of nitrogens with one attached hydrogen (secondary N) is 1. The van der Waals surface area contributed by atoms with Gasteiger partial charge in [0, 0.05) is 28.3 Å². The van der Waals surface area contributed by atoms with E-state index >= 15 is 0 Å². The number of hydrogen-bond acceptors (Lipinski definition) is 8. The second kappa shape index (κ2) is 13.4. The van der Waals surface area contributed by atoms with Crippen molar-refractivity contribution in [2.75, 3.05) is 11.1 Å². The maximum Gasteiger partial charge on any atom is 0.336 e. The van der Waals surface area contributed by atoms with Crippen LogP contribution in [0.25, 0.3) is 11.0 Å². The Bertz CT molecular complexity index is 1780. The molecule has 44 heavy (non-hydrogen) atoms. The lowest BCUT2D eigenvalue weighted by molar-refractivity contribution is -0.245. The molecule has 1 aromatic heterocycles. The highest BCUT2D eigenvalue weighted by atomic mass is 32.2. The first-order chi connectivity index (χ1) is 21.5. The summed E-state index contributed by atoms with van der Waals surface area (Å²) < 4.78 is 12.8. The van der Waals surface area contributed by atoms with Crippen molar-refractivity contribution >= 4 is 40.4 Å². The van der Waals surface area contributed by atoms with Gasteiger partial charge in [0.2, 0.25) is 0 Å². The summed E-state index contributed by atoms with van der Waals surface area (Å²) in [6.45, 7) is -0.0455. The number of amides is 1. The molecule has 1 fully saturated rings. The number of carbonyl (C=O) groups is 2. The van der Waals surface area contributed by atoms with Crippen molar-refractivity contribution in [3.8, 4) is 0 Å². The third-order valence-electron chi connectivity index (χ3n) is 7.28. The number of aromatic nitrogens is 2. The van der Waals surface area contributed by atoms with Crippen molar-refractivity contribution in [1.29, 1.82) is 0 Å². The summed E-state index contributed by atoms with van der Waals surface area (Å²) >= 11 is 1.44. The molecule has 1 aliphatic heterocycles. The molecule has 9 nitrogen and oxygen atoms in total. The van der Waals surface area contributed by atoms with Crippen LogP contribution in [0.5, 0.6) is 0 Å². The van der Waals surface area contributed by atoms with Gasteiger partial charge < -0.3 is 25.0 Å². The summed E-state index contributed by atoms with van der Waals surface area (Å²) in [7, 11) is 0. The highest BCUT2D eigenvalue weighted by Gasteiger charge is 2.32. The molecule has 0 spiro atoms. The number of benzene rings is 4. The number of carboxylic acid groups (broad SMARTS) is 1. The molecule has 0 saturated carbocycles. The van der Waals surface area contributed by atoms with Crippen molar-refractivity contribution in [1.82, 2.24) is 9.97 Å². The molecule has 1 aliphatic rings. The number of carboxylic acids is 1. The van der Waals surface area contributed by atoms with Crippen LogP contribution in [0.3, 0.4) is 0 Å². The molecular weight excluding hydrogens is 578 g/mol. The van der Waals surface area contributed by atoms with Gasteiger partial charge in [-0.3, -0.25) is 9.78 Å². The molecule has 5 aromatic rings. The fourth-order valence-corrected chi connectivity index (χ4v) is 6.03. The van der Waals surface area contributed by atoms with Crippen molar-refractivity contribution in [2.24, 2.45) is 0 Å². The Hall–Kier alpha value is -4.61. The smallest absolute Gasteiger partial charge is 0.336 e. The van der Waals surface area contributed by atoms with Crippen LogP contribution >= 0.6 is 11.8 Å². The maximum atomic E-state index is 12.9. The van der Waals surface area contributed by atoms with Crippen LogP contribution < -0.4 is 5.32 Å². The molecule has 1 amide bonds. The molecule has 1 saturated heterocycles. The second-order valence-electron chi connectivity index (χ2n) is 10.3. The predicted octanol–water partition coefficient (Wildman–Crippen LogP) is 6.41. The van der Waals surface area contributed by atoms with Crippen LogP contribution in [0.4, 0.5) is 5.69 Å². The quantitative estimate of drug-likeness (QED) is 0.163. The number of hydrogen-bond donors (Lipinski definition) is 3. The van der Waals surface area contributed by atoms with Gasteiger partial charge in [0.15, 0.2) is 6.29 Å². The van der Waals surface area contributed by atoms with Crippen LogP contribution in [-0.4, -0.2) is 43.9 Å². The van der Waals surface area contributed by atoms with E-state index in [0.717, 1.165) is 16.7 Å². The lowest BCUT2D eigenvalue weighted by Gasteiger charge is -2.36. The van der Waals surface area contributed by atoms with Gasteiger partial charge >= 0.3 is 5.97 Å². The minimum Gasteiger partial charge on any atom is -0.478 e. The lowest BCUT2D eigenvalue weighted by Crippen LogP contribution is -2.31. The van der Waals surface area contributed by atoms with E-state index in [2.05, 4.69) is 15.3 Å². The minimum atomic E-state index is -0.972. The third kappa shape index (κ3) is 6.79. The average molecular weight is 608 g/mol. The first-order valence-corrected chi connectivity index (χ1v) is 15.0. The molecule has 10 heteroatoms. The molecule has 0 radical (unpaired) electrons. The van der Waals surface area contributed by atoms with Gasteiger partial charge in [-0.25, -0.2) is 9.78 Å². The fourth-order valence-electron chi connectivity index (χ4n) is 4.96. The van der Waals surface area contributed by atoms with E-state index in [1.165, 1.54) is 18.0 Å². The number of carbonyl (C=O) groups excluding carboxylic acids is 1. The second-order valence-corrected chi connectivity index (χ2v) is 11.3. The molecule has 3 atom stereocenters. The number of aliphatic hydroxyl groups is 1. The molecule has 2 heterocycles. The molecule has 0 unspecified atom stereocenters. The summed E-state index contributed by atoms with van der Waals surface area (Å²) in [4.78, 5) is 34.0. The Labute approximate surface area is 257 Å². The van der Waals surface area contributed by atoms with Gasteiger partial charge in [-0.15, -0.1) is 11.8 Å². The Morgan fingerprint density at radius 3 is 2.32 bits per heavy atom. The molecule has 3 N–H and O–H groups in total. The zero-order valence-electron chi connectivity index (χ0n) is 23.5. The van der Waals surface area contributed by atoms with Gasteiger partial charge in [-0.05, 0) is 47.5 Å². The summed E-state index contributed by atoms with van der Waals surface area (Å²) in [5.41, 5.74) is 4.94. The van der Waals surface area contributed by atoms with E-state index in [1.807, 2.05) is 66.7 Å². The molecule has 0 aliphatic carbocycles. The number of nitrogens with zero attached hydrogens (tertiary/aromatic N) is 2. The van der Waals surface area contributed by atoms with Gasteiger partial charge in [0.25, 0.3) is 5.91 Å². The number of thioether (sulfide) groups is 1. The molecular formula is C34H29N3O6S. The Balaban J connectivity index is 1.18. The third-order valence-corrected chi connectivity index (χ3v) is 8.48. The van der Waals surface area contributed by atoms with E-state index in [0.29, 0.717) is 33.8 Å². The first kappa shape index (κ1) is 29.5. The number of rotatable bonds is 9. The lowest BCUT2D eigenvalue weighted by atomic mass is 10.0. The van der Waals surface area contributed by atoms with Crippen LogP contribution in [0, 0.1) is 0 Å². The van der Waals surface area contributed by atoms with Gasteiger partial charge in [-0.2, -0.15) is 0 Å². The summed E-state index contributed by atoms with van der Waals surface area (Å²) in [6.07, 6.45) is 0.804. The average Bonchev–Trinajstić information content (AvgIpc) is 3.07. The number of aliphatic hydroxyl groups excluding tert-OH is 1. The normalized spacial score (nSPS) is 18.2. The monoisotopic (exact) mass is 607 g/mol. The first-order valence-electron chi connectivity index (χ1n) is 14.1. The number of fused-ring (bicyclic) bond motifs is 1. The summed E-state index contributed by atoms with van der Waals surface area (Å²) in [5, 5.41) is 21.9. The van der Waals surface area contributed by atoms with E-state index in [-0.39, 0.29) is 36.0 Å². The number of anilines is 1.